The molecule has 2 rings (SSSR count). The van der Waals surface area contributed by atoms with Gasteiger partial charge in [-0.1, -0.05) is 18.2 Å². The second-order valence-corrected chi connectivity index (χ2v) is 4.13. The number of nitrogens with zero attached hydrogens (tertiary/aromatic N) is 1. The lowest BCUT2D eigenvalue weighted by Crippen LogP contribution is -2.04. The molecule has 1 aromatic carbocycles. The van der Waals surface area contributed by atoms with E-state index in [9.17, 15) is 4.79 Å². The number of rotatable bonds is 3. The quantitative estimate of drug-likeness (QED) is 0.845. The fourth-order valence-corrected chi connectivity index (χ4v) is 1.80. The van der Waals surface area contributed by atoms with Crippen molar-refractivity contribution < 1.29 is 9.53 Å². The number of esters is 1. The number of carbonyl (C=O) groups excluding carboxylic acids is 1. The van der Waals surface area contributed by atoms with Gasteiger partial charge in [-0.3, -0.25) is 5.10 Å². The first kappa shape index (κ1) is 12.4. The predicted octanol–water partition coefficient (Wildman–Crippen LogP) is 2.87. The van der Waals surface area contributed by atoms with Crippen molar-refractivity contribution in [2.45, 2.75) is 20.8 Å². The number of benzene rings is 1. The van der Waals surface area contributed by atoms with Crippen LogP contribution in [0.2, 0.25) is 0 Å². The molecule has 0 saturated carbocycles. The van der Waals surface area contributed by atoms with Gasteiger partial charge in [-0.15, -0.1) is 0 Å². The van der Waals surface area contributed by atoms with Crippen molar-refractivity contribution in [1.29, 1.82) is 0 Å². The lowest BCUT2D eigenvalue weighted by molar-refractivity contribution is 0.0519. The van der Waals surface area contributed by atoms with Gasteiger partial charge in [0.15, 0.2) is 0 Å². The van der Waals surface area contributed by atoms with Crippen LogP contribution in [-0.2, 0) is 4.74 Å². The number of carbonyl (C=O) groups is 1. The fraction of sp³-hybridized carbons (Fsp3) is 0.286. The molecule has 0 aliphatic rings. The molecule has 0 aliphatic heterocycles. The van der Waals surface area contributed by atoms with Gasteiger partial charge in [-0.05, 0) is 38.0 Å². The highest BCUT2D eigenvalue weighted by molar-refractivity contribution is 5.88. The summed E-state index contributed by atoms with van der Waals surface area (Å²) in [5, 5.41) is 6.88. The molecule has 0 saturated heterocycles. The number of H-pyrrole nitrogens is 1. The molecule has 1 heterocycles. The Labute approximate surface area is 106 Å². The van der Waals surface area contributed by atoms with Gasteiger partial charge in [0.1, 0.15) is 5.69 Å². The average molecular weight is 244 g/mol. The minimum Gasteiger partial charge on any atom is -0.461 e. The molecule has 0 atom stereocenters. The normalized spacial score (nSPS) is 10.4. The maximum absolute atomic E-state index is 11.5. The monoisotopic (exact) mass is 244 g/mol. The van der Waals surface area contributed by atoms with Gasteiger partial charge in [0, 0.05) is 5.56 Å². The van der Waals surface area contributed by atoms with Gasteiger partial charge < -0.3 is 4.74 Å². The van der Waals surface area contributed by atoms with E-state index in [1.54, 1.807) is 13.0 Å². The van der Waals surface area contributed by atoms with Crippen LogP contribution in [-0.4, -0.2) is 22.8 Å². The van der Waals surface area contributed by atoms with Crippen LogP contribution in [0.5, 0.6) is 0 Å². The number of hydrogen-bond donors (Lipinski definition) is 1. The second-order valence-electron chi connectivity index (χ2n) is 4.13. The molecule has 0 unspecified atom stereocenters. The van der Waals surface area contributed by atoms with Crippen molar-refractivity contribution in [3.8, 4) is 11.3 Å². The first-order valence-electron chi connectivity index (χ1n) is 5.92. The van der Waals surface area contributed by atoms with Crippen molar-refractivity contribution in [2.24, 2.45) is 0 Å². The zero-order chi connectivity index (χ0) is 13.1. The van der Waals surface area contributed by atoms with Gasteiger partial charge in [0.2, 0.25) is 0 Å². The molecule has 4 nitrogen and oxygen atoms in total. The molecular weight excluding hydrogens is 228 g/mol. The Morgan fingerprint density at radius 1 is 1.39 bits per heavy atom. The zero-order valence-corrected chi connectivity index (χ0v) is 10.8. The lowest BCUT2D eigenvalue weighted by Gasteiger charge is -2.04. The van der Waals surface area contributed by atoms with E-state index in [2.05, 4.69) is 23.2 Å². The number of nitrogens with one attached hydrogen (secondary N) is 1. The predicted molar refractivity (Wildman–Crippen MR) is 69.5 cm³/mol. The van der Waals surface area contributed by atoms with Crippen LogP contribution in [0, 0.1) is 13.8 Å². The molecule has 4 heteroatoms. The Kier molecular flexibility index (Phi) is 3.46. The van der Waals surface area contributed by atoms with E-state index in [4.69, 9.17) is 4.74 Å². The van der Waals surface area contributed by atoms with E-state index in [1.165, 1.54) is 11.1 Å². The molecule has 18 heavy (non-hydrogen) atoms. The van der Waals surface area contributed by atoms with E-state index in [-0.39, 0.29) is 5.97 Å². The standard InChI is InChI=1S/C14H16N2O2/c1-4-18-14(17)13-8-12(15-16-13)11-7-5-6-9(2)10(11)3/h5-8H,4H2,1-3H3,(H,15,16). The van der Waals surface area contributed by atoms with Gasteiger partial charge in [0.05, 0.1) is 12.3 Å². The van der Waals surface area contributed by atoms with Crippen LogP contribution in [0.4, 0.5) is 0 Å². The summed E-state index contributed by atoms with van der Waals surface area (Å²) in [4.78, 5) is 11.5. The van der Waals surface area contributed by atoms with Crippen LogP contribution in [0.25, 0.3) is 11.3 Å². The van der Waals surface area contributed by atoms with E-state index < -0.39 is 0 Å². The smallest absolute Gasteiger partial charge is 0.356 e. The highest BCUT2D eigenvalue weighted by Gasteiger charge is 2.13. The van der Waals surface area contributed by atoms with Crippen molar-refractivity contribution in [2.75, 3.05) is 6.61 Å². The molecule has 0 fully saturated rings. The van der Waals surface area contributed by atoms with Crippen LogP contribution in [0.3, 0.4) is 0 Å². The van der Waals surface area contributed by atoms with Crippen molar-refractivity contribution >= 4 is 5.97 Å². The summed E-state index contributed by atoms with van der Waals surface area (Å²) in [5.74, 6) is -0.374. The summed E-state index contributed by atoms with van der Waals surface area (Å²) in [6, 6.07) is 7.75. The van der Waals surface area contributed by atoms with Crippen LogP contribution in [0.1, 0.15) is 28.5 Å². The Balaban J connectivity index is 2.35. The maximum atomic E-state index is 11.5. The number of aromatic nitrogens is 2. The summed E-state index contributed by atoms with van der Waals surface area (Å²) < 4.78 is 4.92. The Bertz CT molecular complexity index is 573. The lowest BCUT2D eigenvalue weighted by atomic mass is 10.0. The minimum atomic E-state index is -0.374. The summed E-state index contributed by atoms with van der Waals surface area (Å²) >= 11 is 0. The third kappa shape index (κ3) is 2.27. The molecule has 0 spiro atoms. The van der Waals surface area contributed by atoms with Gasteiger partial charge >= 0.3 is 5.97 Å². The largest absolute Gasteiger partial charge is 0.461 e. The Hall–Kier alpha value is -2.10. The number of aryl methyl sites for hydroxylation is 1. The van der Waals surface area contributed by atoms with Crippen molar-refractivity contribution in [3.05, 3.63) is 41.1 Å². The minimum absolute atomic E-state index is 0.358. The first-order chi connectivity index (χ1) is 8.63. The molecule has 2 aromatic rings. The summed E-state index contributed by atoms with van der Waals surface area (Å²) in [6.07, 6.45) is 0. The number of aromatic amines is 1. The molecule has 0 aliphatic carbocycles. The Morgan fingerprint density at radius 2 is 2.17 bits per heavy atom. The molecule has 0 amide bonds. The van der Waals surface area contributed by atoms with Crippen LogP contribution in [0.15, 0.2) is 24.3 Å². The van der Waals surface area contributed by atoms with Crippen LogP contribution < -0.4 is 0 Å². The topological polar surface area (TPSA) is 55.0 Å². The fourth-order valence-electron chi connectivity index (χ4n) is 1.80. The molecule has 0 bridgehead atoms. The average Bonchev–Trinajstić information content (AvgIpc) is 2.82. The molecular formula is C14H16N2O2. The van der Waals surface area contributed by atoms with Crippen molar-refractivity contribution in [1.82, 2.24) is 10.2 Å². The second kappa shape index (κ2) is 5.04. The van der Waals surface area contributed by atoms with Gasteiger partial charge in [0.25, 0.3) is 0 Å². The summed E-state index contributed by atoms with van der Waals surface area (Å²) in [7, 11) is 0. The van der Waals surface area contributed by atoms with E-state index in [0.717, 1.165) is 11.3 Å². The zero-order valence-electron chi connectivity index (χ0n) is 10.8. The molecule has 94 valence electrons. The SMILES string of the molecule is CCOC(=O)c1cc(-c2cccc(C)c2C)n[nH]1. The van der Waals surface area contributed by atoms with E-state index >= 15 is 0 Å². The maximum Gasteiger partial charge on any atom is 0.356 e. The number of ether oxygens (including phenoxy) is 1. The Morgan fingerprint density at radius 3 is 2.89 bits per heavy atom. The third-order valence-corrected chi connectivity index (χ3v) is 2.95. The highest BCUT2D eigenvalue weighted by atomic mass is 16.5. The van der Waals surface area contributed by atoms with E-state index in [0.29, 0.717) is 12.3 Å². The van der Waals surface area contributed by atoms with E-state index in [1.807, 2.05) is 19.1 Å². The van der Waals surface area contributed by atoms with Gasteiger partial charge in [-0.2, -0.15) is 5.10 Å². The summed E-state index contributed by atoms with van der Waals surface area (Å²) in [6.45, 7) is 6.23. The first-order valence-corrected chi connectivity index (χ1v) is 5.92. The number of hydrogen-bond acceptors (Lipinski definition) is 3. The van der Waals surface area contributed by atoms with Gasteiger partial charge in [-0.25, -0.2) is 4.79 Å². The molecule has 1 N–H and O–H groups in total. The van der Waals surface area contributed by atoms with Crippen LogP contribution >= 0.6 is 0 Å². The van der Waals surface area contributed by atoms with Crippen molar-refractivity contribution in [3.63, 3.8) is 0 Å². The summed E-state index contributed by atoms with van der Waals surface area (Å²) in [5.41, 5.74) is 4.54. The molecule has 0 radical (unpaired) electrons. The molecule has 1 aromatic heterocycles. The third-order valence-electron chi connectivity index (χ3n) is 2.95. The highest BCUT2D eigenvalue weighted by Crippen LogP contribution is 2.24.